The molecule has 0 aliphatic rings. The first-order valence-corrected chi connectivity index (χ1v) is 6.93. The van der Waals surface area contributed by atoms with Crippen molar-refractivity contribution in [3.8, 4) is 5.75 Å². The van der Waals surface area contributed by atoms with E-state index in [0.717, 1.165) is 12.2 Å². The lowest BCUT2D eigenvalue weighted by molar-refractivity contribution is 0.411. The molecule has 1 rings (SSSR count). The lowest BCUT2D eigenvalue weighted by Gasteiger charge is -2.17. The van der Waals surface area contributed by atoms with Gasteiger partial charge in [0.15, 0.2) is 0 Å². The van der Waals surface area contributed by atoms with Gasteiger partial charge >= 0.3 is 0 Å². The van der Waals surface area contributed by atoms with Crippen molar-refractivity contribution < 1.29 is 4.74 Å². The number of benzene rings is 1. The Bertz CT molecular complexity index is 328. The first-order valence-electron chi connectivity index (χ1n) is 5.53. The van der Waals surface area contributed by atoms with E-state index in [1.807, 2.05) is 24.9 Å². The van der Waals surface area contributed by atoms with Crippen molar-refractivity contribution in [2.24, 2.45) is 0 Å². The van der Waals surface area contributed by atoms with Gasteiger partial charge in [-0.05, 0) is 49.6 Å². The van der Waals surface area contributed by atoms with Crippen LogP contribution in [0, 0.1) is 6.92 Å². The third-order valence-electron chi connectivity index (χ3n) is 2.78. The molecule has 0 heterocycles. The molecule has 1 N–H and O–H groups in total. The van der Waals surface area contributed by atoms with E-state index in [0.29, 0.717) is 6.04 Å². The van der Waals surface area contributed by atoms with Gasteiger partial charge in [0.2, 0.25) is 0 Å². The van der Waals surface area contributed by atoms with E-state index < -0.39 is 0 Å². The number of ether oxygens (including phenoxy) is 1. The molecule has 0 amide bonds. The molecule has 0 saturated carbocycles. The van der Waals surface area contributed by atoms with E-state index in [2.05, 4.69) is 30.6 Å². The summed E-state index contributed by atoms with van der Waals surface area (Å²) in [5.74, 6) is 2.14. The van der Waals surface area contributed by atoms with Crippen molar-refractivity contribution >= 4 is 11.8 Å². The van der Waals surface area contributed by atoms with Crippen molar-refractivity contribution in [2.45, 2.75) is 19.4 Å². The first kappa shape index (κ1) is 13.4. The lowest BCUT2D eigenvalue weighted by Crippen LogP contribution is -2.17. The smallest absolute Gasteiger partial charge is 0.121 e. The van der Waals surface area contributed by atoms with Gasteiger partial charge in [0.1, 0.15) is 5.75 Å². The van der Waals surface area contributed by atoms with Gasteiger partial charge < -0.3 is 10.1 Å². The maximum atomic E-state index is 5.27. The van der Waals surface area contributed by atoms with Crippen LogP contribution in [-0.4, -0.2) is 26.2 Å². The summed E-state index contributed by atoms with van der Waals surface area (Å²) < 4.78 is 5.27. The normalized spacial score (nSPS) is 12.5. The fourth-order valence-corrected chi connectivity index (χ4v) is 2.30. The second-order valence-corrected chi connectivity index (χ2v) is 4.84. The predicted octanol–water partition coefficient (Wildman–Crippen LogP) is 3.02. The molecule has 1 aromatic rings. The zero-order valence-electron chi connectivity index (χ0n) is 10.5. The number of hydrogen-bond acceptors (Lipinski definition) is 3. The second kappa shape index (κ2) is 6.81. The second-order valence-electron chi connectivity index (χ2n) is 3.85. The van der Waals surface area contributed by atoms with Gasteiger partial charge in [-0.25, -0.2) is 0 Å². The summed E-state index contributed by atoms with van der Waals surface area (Å²) in [7, 11) is 3.73. The van der Waals surface area contributed by atoms with E-state index in [1.165, 1.54) is 16.9 Å². The monoisotopic (exact) mass is 239 g/mol. The Morgan fingerprint density at radius 3 is 2.69 bits per heavy atom. The van der Waals surface area contributed by atoms with Crippen LogP contribution in [0.2, 0.25) is 0 Å². The summed E-state index contributed by atoms with van der Waals surface area (Å²) in [4.78, 5) is 0. The minimum absolute atomic E-state index is 0.442. The Kier molecular flexibility index (Phi) is 5.71. The maximum absolute atomic E-state index is 5.27. The topological polar surface area (TPSA) is 21.3 Å². The molecule has 1 atom stereocenters. The molecule has 0 aliphatic heterocycles. The molecule has 1 aromatic carbocycles. The van der Waals surface area contributed by atoms with E-state index in [4.69, 9.17) is 4.74 Å². The van der Waals surface area contributed by atoms with Gasteiger partial charge in [-0.2, -0.15) is 11.8 Å². The van der Waals surface area contributed by atoms with Gasteiger partial charge in [0.25, 0.3) is 0 Å². The Labute approximate surface area is 103 Å². The summed E-state index contributed by atoms with van der Waals surface area (Å²) >= 11 is 1.89. The maximum Gasteiger partial charge on any atom is 0.121 e. The fraction of sp³-hybridized carbons (Fsp3) is 0.538. The summed E-state index contributed by atoms with van der Waals surface area (Å²) in [6.45, 7) is 2.09. The average Bonchev–Trinajstić information content (AvgIpc) is 2.30. The number of rotatable bonds is 6. The minimum atomic E-state index is 0.442. The number of methoxy groups -OCH3 is 1. The average molecular weight is 239 g/mol. The largest absolute Gasteiger partial charge is 0.496 e. The zero-order chi connectivity index (χ0) is 12.0. The zero-order valence-corrected chi connectivity index (χ0v) is 11.4. The standard InChI is InChI=1S/C13H21NOS/c1-10-9-11(5-6-13(10)15-3)12(14-2)7-8-16-4/h5-6,9,12,14H,7-8H2,1-4H3. The summed E-state index contributed by atoms with van der Waals surface area (Å²) in [6.07, 6.45) is 3.30. The van der Waals surface area contributed by atoms with Gasteiger partial charge in [0, 0.05) is 6.04 Å². The van der Waals surface area contributed by atoms with Crippen molar-refractivity contribution in [2.75, 3.05) is 26.2 Å². The summed E-state index contributed by atoms with van der Waals surface area (Å²) in [6, 6.07) is 6.85. The number of thioether (sulfide) groups is 1. The fourth-order valence-electron chi connectivity index (χ4n) is 1.83. The molecule has 0 saturated heterocycles. The molecule has 16 heavy (non-hydrogen) atoms. The Balaban J connectivity index is 2.80. The third kappa shape index (κ3) is 3.42. The summed E-state index contributed by atoms with van der Waals surface area (Å²) in [5.41, 5.74) is 2.54. The Morgan fingerprint density at radius 1 is 1.44 bits per heavy atom. The first-order chi connectivity index (χ1) is 7.72. The number of nitrogens with one attached hydrogen (secondary N) is 1. The van der Waals surface area contributed by atoms with Gasteiger partial charge in [-0.15, -0.1) is 0 Å². The highest BCUT2D eigenvalue weighted by atomic mass is 32.2. The van der Waals surface area contributed by atoms with E-state index >= 15 is 0 Å². The number of aryl methyl sites for hydroxylation is 1. The van der Waals surface area contributed by atoms with E-state index in [1.54, 1.807) is 7.11 Å². The van der Waals surface area contributed by atoms with Gasteiger partial charge in [0.05, 0.1) is 7.11 Å². The highest BCUT2D eigenvalue weighted by Crippen LogP contribution is 2.24. The van der Waals surface area contributed by atoms with Crippen LogP contribution in [0.1, 0.15) is 23.6 Å². The third-order valence-corrected chi connectivity index (χ3v) is 3.42. The highest BCUT2D eigenvalue weighted by Gasteiger charge is 2.10. The van der Waals surface area contributed by atoms with Crippen LogP contribution in [0.15, 0.2) is 18.2 Å². The predicted molar refractivity (Wildman–Crippen MR) is 72.5 cm³/mol. The molecule has 0 aliphatic carbocycles. The van der Waals surface area contributed by atoms with E-state index in [-0.39, 0.29) is 0 Å². The van der Waals surface area contributed by atoms with Crippen LogP contribution in [0.3, 0.4) is 0 Å². The number of hydrogen-bond donors (Lipinski definition) is 1. The summed E-state index contributed by atoms with van der Waals surface area (Å²) in [5, 5.41) is 3.36. The van der Waals surface area contributed by atoms with Crippen molar-refractivity contribution in [3.63, 3.8) is 0 Å². The molecule has 90 valence electrons. The van der Waals surface area contributed by atoms with Crippen LogP contribution in [0.5, 0.6) is 5.75 Å². The molecule has 3 heteroatoms. The van der Waals surface area contributed by atoms with Crippen molar-refractivity contribution in [3.05, 3.63) is 29.3 Å². The van der Waals surface area contributed by atoms with Crippen molar-refractivity contribution in [1.29, 1.82) is 0 Å². The van der Waals surface area contributed by atoms with Crippen LogP contribution in [-0.2, 0) is 0 Å². The van der Waals surface area contributed by atoms with Crippen LogP contribution >= 0.6 is 11.8 Å². The van der Waals surface area contributed by atoms with Gasteiger partial charge in [-0.1, -0.05) is 12.1 Å². The molecule has 2 nitrogen and oxygen atoms in total. The van der Waals surface area contributed by atoms with Crippen LogP contribution in [0.4, 0.5) is 0 Å². The molecule has 0 radical (unpaired) electrons. The van der Waals surface area contributed by atoms with Gasteiger partial charge in [-0.3, -0.25) is 0 Å². The lowest BCUT2D eigenvalue weighted by atomic mass is 10.0. The van der Waals surface area contributed by atoms with Crippen LogP contribution < -0.4 is 10.1 Å². The van der Waals surface area contributed by atoms with E-state index in [9.17, 15) is 0 Å². The Morgan fingerprint density at radius 2 is 2.19 bits per heavy atom. The molecule has 0 aromatic heterocycles. The highest BCUT2D eigenvalue weighted by molar-refractivity contribution is 7.98. The molecule has 0 fully saturated rings. The molecule has 0 spiro atoms. The minimum Gasteiger partial charge on any atom is -0.496 e. The molecule has 1 unspecified atom stereocenters. The quantitative estimate of drug-likeness (QED) is 0.824. The van der Waals surface area contributed by atoms with Crippen LogP contribution in [0.25, 0.3) is 0 Å². The molecule has 0 bridgehead atoms. The molecular formula is C13H21NOS. The Hall–Kier alpha value is -0.670. The SMILES string of the molecule is CNC(CCSC)c1ccc(OC)c(C)c1. The molecular weight excluding hydrogens is 218 g/mol. The van der Waals surface area contributed by atoms with Crippen molar-refractivity contribution in [1.82, 2.24) is 5.32 Å².